The number of aromatic nitrogens is 1. The minimum absolute atomic E-state index is 0.522. The highest BCUT2D eigenvalue weighted by molar-refractivity contribution is 9.10. The molecule has 0 aliphatic carbocycles. The van der Waals surface area contributed by atoms with Gasteiger partial charge in [-0.2, -0.15) is 5.26 Å². The highest BCUT2D eigenvalue weighted by Crippen LogP contribution is 2.35. The maximum atomic E-state index is 8.88. The van der Waals surface area contributed by atoms with Crippen LogP contribution in [0, 0.1) is 11.3 Å². The second kappa shape index (κ2) is 6.57. The van der Waals surface area contributed by atoms with Crippen LogP contribution in [-0.2, 0) is 6.42 Å². The van der Waals surface area contributed by atoms with Gasteiger partial charge in [0.05, 0.1) is 29.3 Å². The molecule has 0 saturated carbocycles. The van der Waals surface area contributed by atoms with Gasteiger partial charge in [0.25, 0.3) is 0 Å². The van der Waals surface area contributed by atoms with Gasteiger partial charge in [-0.25, -0.2) is 4.98 Å². The van der Waals surface area contributed by atoms with E-state index < -0.39 is 0 Å². The number of halogens is 2. The van der Waals surface area contributed by atoms with Crippen LogP contribution in [-0.4, -0.2) is 12.1 Å². The number of ether oxygens (including phenoxy) is 1. The molecule has 0 unspecified atom stereocenters. The molecule has 0 bridgehead atoms. The fraction of sp³-hybridized carbons (Fsp3) is 0.111. The molecule has 1 aromatic heterocycles. The molecule has 0 spiro atoms. The number of benzene rings is 2. The van der Waals surface area contributed by atoms with Crippen LogP contribution >= 0.6 is 27.5 Å². The van der Waals surface area contributed by atoms with Crippen LogP contribution in [0.2, 0.25) is 5.02 Å². The molecule has 3 nitrogen and oxygen atoms in total. The Bertz CT molecular complexity index is 917. The molecule has 1 heterocycles. The summed E-state index contributed by atoms with van der Waals surface area (Å²) < 4.78 is 6.37. The molecule has 5 heteroatoms. The first kappa shape index (κ1) is 15.8. The fourth-order valence-electron chi connectivity index (χ4n) is 2.44. The summed E-state index contributed by atoms with van der Waals surface area (Å²) in [5.74, 6) is 0.522. The zero-order chi connectivity index (χ0) is 16.4. The molecule has 23 heavy (non-hydrogen) atoms. The minimum atomic E-state index is 0.522. The smallest absolute Gasteiger partial charge is 0.218 e. The predicted octanol–water partition coefficient (Wildman–Crippen LogP) is 5.12. The van der Waals surface area contributed by atoms with Gasteiger partial charge in [0.1, 0.15) is 0 Å². The van der Waals surface area contributed by atoms with Gasteiger partial charge in [0.15, 0.2) is 0 Å². The van der Waals surface area contributed by atoms with Crippen LogP contribution in [0.4, 0.5) is 0 Å². The Balaban J connectivity index is 2.11. The third-order valence-electron chi connectivity index (χ3n) is 3.60. The Labute approximate surface area is 147 Å². The van der Waals surface area contributed by atoms with Gasteiger partial charge < -0.3 is 4.74 Å². The third-order valence-corrected chi connectivity index (χ3v) is 4.52. The fourth-order valence-corrected chi connectivity index (χ4v) is 3.10. The van der Waals surface area contributed by atoms with Crippen molar-refractivity contribution in [2.45, 2.75) is 6.42 Å². The van der Waals surface area contributed by atoms with Gasteiger partial charge in [-0.3, -0.25) is 0 Å². The van der Waals surface area contributed by atoms with Crippen molar-refractivity contribution >= 4 is 38.4 Å². The first-order valence-electron chi connectivity index (χ1n) is 6.93. The SMILES string of the molecule is COc1nc2ccc(Br)cc2c(Cl)c1Cc1ccc(C#N)cc1. The van der Waals surface area contributed by atoms with Gasteiger partial charge in [0, 0.05) is 21.8 Å². The zero-order valence-corrected chi connectivity index (χ0v) is 14.6. The van der Waals surface area contributed by atoms with Crippen molar-refractivity contribution in [3.63, 3.8) is 0 Å². The van der Waals surface area contributed by atoms with E-state index in [9.17, 15) is 0 Å². The van der Waals surface area contributed by atoms with E-state index in [0.717, 1.165) is 26.5 Å². The molecule has 114 valence electrons. The minimum Gasteiger partial charge on any atom is -0.481 e. The molecule has 0 atom stereocenters. The summed E-state index contributed by atoms with van der Waals surface area (Å²) in [5.41, 5.74) is 3.30. The second-order valence-corrected chi connectivity index (χ2v) is 6.35. The Hall–Kier alpha value is -2.09. The van der Waals surface area contributed by atoms with Gasteiger partial charge in [-0.1, -0.05) is 39.7 Å². The predicted molar refractivity (Wildman–Crippen MR) is 95.0 cm³/mol. The summed E-state index contributed by atoms with van der Waals surface area (Å²) in [6.45, 7) is 0. The number of methoxy groups -OCH3 is 1. The Morgan fingerprint density at radius 2 is 1.96 bits per heavy atom. The average Bonchev–Trinajstić information content (AvgIpc) is 2.58. The van der Waals surface area contributed by atoms with Crippen LogP contribution in [0.15, 0.2) is 46.9 Å². The zero-order valence-electron chi connectivity index (χ0n) is 12.3. The summed E-state index contributed by atoms with van der Waals surface area (Å²) in [6.07, 6.45) is 0.586. The Morgan fingerprint density at radius 1 is 1.22 bits per heavy atom. The summed E-state index contributed by atoms with van der Waals surface area (Å²) in [7, 11) is 1.59. The number of hydrogen-bond acceptors (Lipinski definition) is 3. The van der Waals surface area contributed by atoms with Crippen molar-refractivity contribution in [2.75, 3.05) is 7.11 Å². The molecule has 0 N–H and O–H groups in total. The van der Waals surface area contributed by atoms with Crippen molar-refractivity contribution in [3.05, 3.63) is 68.7 Å². The van der Waals surface area contributed by atoms with E-state index >= 15 is 0 Å². The van der Waals surface area contributed by atoms with E-state index in [2.05, 4.69) is 27.0 Å². The molecule has 3 rings (SSSR count). The van der Waals surface area contributed by atoms with E-state index in [4.69, 9.17) is 21.6 Å². The van der Waals surface area contributed by atoms with Crippen LogP contribution in [0.5, 0.6) is 5.88 Å². The summed E-state index contributed by atoms with van der Waals surface area (Å²) in [6, 6.07) is 15.3. The normalized spacial score (nSPS) is 10.5. The summed E-state index contributed by atoms with van der Waals surface area (Å²) in [4.78, 5) is 4.55. The van der Waals surface area contributed by atoms with E-state index in [-0.39, 0.29) is 0 Å². The molecule has 0 saturated heterocycles. The monoisotopic (exact) mass is 386 g/mol. The molecule has 0 fully saturated rings. The molecular weight excluding hydrogens is 376 g/mol. The van der Waals surface area contributed by atoms with E-state index in [0.29, 0.717) is 22.9 Å². The van der Waals surface area contributed by atoms with Crippen molar-refractivity contribution in [1.29, 1.82) is 5.26 Å². The lowest BCUT2D eigenvalue weighted by molar-refractivity contribution is 0.395. The molecule has 0 radical (unpaired) electrons. The first-order valence-corrected chi connectivity index (χ1v) is 8.10. The molecular formula is C18H12BrClN2O. The van der Waals surface area contributed by atoms with Crippen molar-refractivity contribution < 1.29 is 4.74 Å². The number of pyridine rings is 1. The van der Waals surface area contributed by atoms with E-state index in [1.54, 1.807) is 19.2 Å². The third kappa shape index (κ3) is 3.17. The van der Waals surface area contributed by atoms with Crippen LogP contribution in [0.25, 0.3) is 10.9 Å². The molecule has 2 aromatic carbocycles. The number of rotatable bonds is 3. The number of fused-ring (bicyclic) bond motifs is 1. The lowest BCUT2D eigenvalue weighted by Crippen LogP contribution is -1.99. The largest absolute Gasteiger partial charge is 0.481 e. The Morgan fingerprint density at radius 3 is 2.61 bits per heavy atom. The van der Waals surface area contributed by atoms with Crippen molar-refractivity contribution in [3.8, 4) is 11.9 Å². The number of hydrogen-bond donors (Lipinski definition) is 0. The van der Waals surface area contributed by atoms with Gasteiger partial charge >= 0.3 is 0 Å². The highest BCUT2D eigenvalue weighted by Gasteiger charge is 2.15. The second-order valence-electron chi connectivity index (χ2n) is 5.06. The van der Waals surface area contributed by atoms with Gasteiger partial charge in [-0.15, -0.1) is 0 Å². The Kier molecular flexibility index (Phi) is 4.51. The topological polar surface area (TPSA) is 45.9 Å². The van der Waals surface area contributed by atoms with Gasteiger partial charge in [0.2, 0.25) is 5.88 Å². The first-order chi connectivity index (χ1) is 11.1. The molecule has 0 aliphatic heterocycles. The maximum Gasteiger partial charge on any atom is 0.218 e. The van der Waals surface area contributed by atoms with E-state index in [1.165, 1.54) is 0 Å². The van der Waals surface area contributed by atoms with Crippen LogP contribution < -0.4 is 4.74 Å². The number of nitrogens with zero attached hydrogens (tertiary/aromatic N) is 2. The van der Waals surface area contributed by atoms with Crippen molar-refractivity contribution in [1.82, 2.24) is 4.98 Å². The quantitative estimate of drug-likeness (QED) is 0.626. The molecule has 0 aliphatic rings. The van der Waals surface area contributed by atoms with E-state index in [1.807, 2.05) is 30.3 Å². The summed E-state index contributed by atoms with van der Waals surface area (Å²) >= 11 is 10.1. The van der Waals surface area contributed by atoms with Crippen molar-refractivity contribution in [2.24, 2.45) is 0 Å². The highest BCUT2D eigenvalue weighted by atomic mass is 79.9. The summed E-state index contributed by atoms with van der Waals surface area (Å²) in [5, 5.41) is 10.4. The average molecular weight is 388 g/mol. The molecule has 3 aromatic rings. The number of nitriles is 1. The lowest BCUT2D eigenvalue weighted by Gasteiger charge is -2.13. The maximum absolute atomic E-state index is 8.88. The molecule has 0 amide bonds. The van der Waals surface area contributed by atoms with Gasteiger partial charge in [-0.05, 0) is 35.9 Å². The van der Waals surface area contributed by atoms with Crippen LogP contribution in [0.1, 0.15) is 16.7 Å². The lowest BCUT2D eigenvalue weighted by atomic mass is 10.0. The standard InChI is InChI=1S/C18H12BrClN2O/c1-23-18-15(8-11-2-4-12(10-21)5-3-11)17(20)14-9-13(19)6-7-16(14)22-18/h2-7,9H,8H2,1H3. The van der Waals surface area contributed by atoms with Crippen LogP contribution in [0.3, 0.4) is 0 Å².